The molecule has 0 saturated carbocycles. The minimum absolute atomic E-state index is 0.397. The summed E-state index contributed by atoms with van der Waals surface area (Å²) >= 11 is 1.86. The van der Waals surface area contributed by atoms with Gasteiger partial charge in [0.1, 0.15) is 0 Å². The van der Waals surface area contributed by atoms with Gasteiger partial charge in [0.05, 0.1) is 26.8 Å². The Morgan fingerprint density at radius 3 is 1.66 bits per heavy atom. The lowest BCUT2D eigenvalue weighted by atomic mass is 9.67. The molecular weight excluding hydrogens is 805 g/mol. The monoisotopic (exact) mass is 842 g/mol. The zero-order valence-corrected chi connectivity index (χ0v) is 36.1. The fourth-order valence-electron chi connectivity index (χ4n) is 11.0. The molecule has 0 bridgehead atoms. The number of pyridine rings is 1. The second-order valence-electron chi connectivity index (χ2n) is 17.4. The molecule has 65 heavy (non-hydrogen) atoms. The highest BCUT2D eigenvalue weighted by Crippen LogP contribution is 2.56. The van der Waals surface area contributed by atoms with E-state index in [4.69, 9.17) is 4.98 Å². The maximum absolute atomic E-state index is 5.39. The van der Waals surface area contributed by atoms with Gasteiger partial charge in [0.2, 0.25) is 0 Å². The number of benzene rings is 10. The second-order valence-corrected chi connectivity index (χ2v) is 18.5. The third-order valence-electron chi connectivity index (χ3n) is 14.1. The molecule has 302 valence electrons. The molecule has 0 fully saturated rings. The summed E-state index contributed by atoms with van der Waals surface area (Å²) in [6.45, 7) is 0. The fraction of sp³-hybridized carbons (Fsp3) is 0.0161. The van der Waals surface area contributed by atoms with E-state index in [1.54, 1.807) is 0 Å². The van der Waals surface area contributed by atoms with Crippen molar-refractivity contribution in [2.24, 2.45) is 0 Å². The Hall–Kier alpha value is -8.11. The first kappa shape index (κ1) is 36.4. The number of imidazole rings is 1. The second kappa shape index (κ2) is 13.9. The van der Waals surface area contributed by atoms with Crippen LogP contribution >= 0.6 is 11.3 Å². The molecule has 0 N–H and O–H groups in total. The summed E-state index contributed by atoms with van der Waals surface area (Å²) in [5.41, 5.74) is 17.6. The van der Waals surface area contributed by atoms with Gasteiger partial charge in [-0.2, -0.15) is 0 Å². The van der Waals surface area contributed by atoms with Gasteiger partial charge in [0.25, 0.3) is 0 Å². The Labute approximate surface area is 380 Å². The Kier molecular flexibility index (Phi) is 7.80. The third kappa shape index (κ3) is 5.31. The van der Waals surface area contributed by atoms with E-state index in [2.05, 4.69) is 235 Å². The van der Waals surface area contributed by atoms with E-state index >= 15 is 0 Å². The zero-order chi connectivity index (χ0) is 42.6. The molecule has 1 aliphatic carbocycles. The third-order valence-corrected chi connectivity index (χ3v) is 15.3. The average molecular weight is 843 g/mol. The molecule has 0 saturated heterocycles. The standard InChI is InChI=1S/C62H38N2S/c1-3-16-47(17-4-1)62(48-18-5-2-6-19-48)54-22-12-11-21-50(54)52-35-46(32-34-55(52)62)41-25-23-39(24-26-41)40-27-29-43(30-28-40)57-38-53-51-33-31-42-13-9-10-20-49(42)59(51)65-60(53)61-63-56-36-44-14-7-8-15-45(44)37-58(56)64(57)61/h1-38H. The highest BCUT2D eigenvalue weighted by molar-refractivity contribution is 7.27. The van der Waals surface area contributed by atoms with Crippen molar-refractivity contribution in [2.45, 2.75) is 5.41 Å². The lowest BCUT2D eigenvalue weighted by Crippen LogP contribution is -2.28. The highest BCUT2D eigenvalue weighted by atomic mass is 32.1. The van der Waals surface area contributed by atoms with Gasteiger partial charge in [-0.3, -0.25) is 4.40 Å². The first-order valence-electron chi connectivity index (χ1n) is 22.4. The number of nitrogens with zero attached hydrogens (tertiary/aromatic N) is 2. The summed E-state index contributed by atoms with van der Waals surface area (Å²) in [5.74, 6) is 0. The number of rotatable bonds is 5. The first-order chi connectivity index (χ1) is 32.2. The van der Waals surface area contributed by atoms with Crippen molar-refractivity contribution in [1.29, 1.82) is 0 Å². The van der Waals surface area contributed by atoms with E-state index in [-0.39, 0.29) is 0 Å². The number of hydrogen-bond donors (Lipinski definition) is 0. The van der Waals surface area contributed by atoms with E-state index in [1.807, 2.05) is 11.3 Å². The minimum Gasteiger partial charge on any atom is -0.291 e. The summed E-state index contributed by atoms with van der Waals surface area (Å²) < 4.78 is 4.92. The molecule has 0 unspecified atom stereocenters. The van der Waals surface area contributed by atoms with Gasteiger partial charge >= 0.3 is 0 Å². The molecular formula is C62H38N2S. The Morgan fingerprint density at radius 2 is 0.938 bits per heavy atom. The molecule has 0 amide bonds. The molecule has 3 heteroatoms. The molecule has 1 aliphatic rings. The van der Waals surface area contributed by atoms with Crippen LogP contribution in [-0.2, 0) is 5.41 Å². The predicted molar refractivity (Wildman–Crippen MR) is 274 cm³/mol. The molecule has 0 aliphatic heterocycles. The lowest BCUT2D eigenvalue weighted by Gasteiger charge is -2.33. The number of fused-ring (bicyclic) bond motifs is 13. The SMILES string of the molecule is c1ccc(C2(c3ccccc3)c3ccccc3-c3cc(-c4ccc(-c5ccc(-c6cc7c8ccc9ccccc9c8sc7c7nc8cc9ccccc9cc8n67)cc5)cc4)ccc32)cc1. The van der Waals surface area contributed by atoms with Crippen LogP contribution < -0.4 is 0 Å². The van der Waals surface area contributed by atoms with Crippen LogP contribution in [0.2, 0.25) is 0 Å². The molecule has 3 aromatic heterocycles. The quantitative estimate of drug-likeness (QED) is 0.169. The summed E-state index contributed by atoms with van der Waals surface area (Å²) in [5, 5.41) is 7.50. The van der Waals surface area contributed by atoms with Gasteiger partial charge < -0.3 is 0 Å². The Morgan fingerprint density at radius 1 is 0.369 bits per heavy atom. The number of hydrogen-bond acceptors (Lipinski definition) is 2. The van der Waals surface area contributed by atoms with Crippen LogP contribution in [0.3, 0.4) is 0 Å². The Bertz CT molecular complexity index is 3990. The van der Waals surface area contributed by atoms with Crippen LogP contribution in [0.25, 0.3) is 103 Å². The van der Waals surface area contributed by atoms with E-state index in [9.17, 15) is 0 Å². The summed E-state index contributed by atoms with van der Waals surface area (Å²) in [4.78, 5) is 5.39. The summed E-state index contributed by atoms with van der Waals surface area (Å²) in [6, 6.07) is 85.1. The molecule has 10 aromatic carbocycles. The zero-order valence-electron chi connectivity index (χ0n) is 35.2. The van der Waals surface area contributed by atoms with Gasteiger partial charge in [-0.25, -0.2) is 4.98 Å². The fourth-order valence-corrected chi connectivity index (χ4v) is 12.3. The van der Waals surface area contributed by atoms with E-state index in [0.717, 1.165) is 27.9 Å². The van der Waals surface area contributed by atoms with Crippen molar-refractivity contribution in [3.63, 3.8) is 0 Å². The van der Waals surface area contributed by atoms with Crippen molar-refractivity contribution in [3.05, 3.63) is 253 Å². The Balaban J connectivity index is 0.863. The molecule has 0 spiro atoms. The van der Waals surface area contributed by atoms with Crippen molar-refractivity contribution in [1.82, 2.24) is 9.38 Å². The molecule has 0 atom stereocenters. The van der Waals surface area contributed by atoms with Crippen LogP contribution in [0, 0.1) is 0 Å². The van der Waals surface area contributed by atoms with Crippen molar-refractivity contribution >= 4 is 69.7 Å². The predicted octanol–water partition coefficient (Wildman–Crippen LogP) is 16.5. The van der Waals surface area contributed by atoms with Gasteiger partial charge in [0, 0.05) is 15.5 Å². The van der Waals surface area contributed by atoms with Crippen molar-refractivity contribution in [3.8, 4) is 44.6 Å². The number of thiophene rings is 1. The van der Waals surface area contributed by atoms with E-state index in [0.29, 0.717) is 0 Å². The summed E-state index contributed by atoms with van der Waals surface area (Å²) in [6.07, 6.45) is 0. The van der Waals surface area contributed by atoms with Gasteiger partial charge in [-0.15, -0.1) is 11.3 Å². The van der Waals surface area contributed by atoms with Gasteiger partial charge in [0.15, 0.2) is 5.65 Å². The molecule has 14 rings (SSSR count). The normalized spacial score (nSPS) is 13.0. The van der Waals surface area contributed by atoms with Crippen LogP contribution in [0.5, 0.6) is 0 Å². The van der Waals surface area contributed by atoms with Crippen LogP contribution in [-0.4, -0.2) is 9.38 Å². The van der Waals surface area contributed by atoms with Gasteiger partial charge in [-0.1, -0.05) is 206 Å². The largest absolute Gasteiger partial charge is 0.291 e. The maximum atomic E-state index is 5.39. The van der Waals surface area contributed by atoms with E-state index < -0.39 is 5.41 Å². The minimum atomic E-state index is -0.397. The van der Waals surface area contributed by atoms with Crippen molar-refractivity contribution in [2.75, 3.05) is 0 Å². The maximum Gasteiger partial charge on any atom is 0.156 e. The highest BCUT2D eigenvalue weighted by Gasteiger charge is 2.46. The van der Waals surface area contributed by atoms with Crippen molar-refractivity contribution < 1.29 is 0 Å². The number of aromatic nitrogens is 2. The van der Waals surface area contributed by atoms with Crippen LogP contribution in [0.1, 0.15) is 22.3 Å². The average Bonchev–Trinajstić information content (AvgIpc) is 4.04. The lowest BCUT2D eigenvalue weighted by molar-refractivity contribution is 0.768. The molecule has 13 aromatic rings. The van der Waals surface area contributed by atoms with Gasteiger partial charge in [-0.05, 0) is 107 Å². The molecule has 2 nitrogen and oxygen atoms in total. The topological polar surface area (TPSA) is 17.3 Å². The first-order valence-corrected chi connectivity index (χ1v) is 23.2. The van der Waals surface area contributed by atoms with Crippen LogP contribution in [0.15, 0.2) is 231 Å². The molecule has 0 radical (unpaired) electrons. The summed E-state index contributed by atoms with van der Waals surface area (Å²) in [7, 11) is 0. The van der Waals surface area contributed by atoms with E-state index in [1.165, 1.54) is 97.4 Å². The smallest absolute Gasteiger partial charge is 0.156 e. The van der Waals surface area contributed by atoms with Crippen LogP contribution in [0.4, 0.5) is 0 Å². The molecule has 3 heterocycles.